The highest BCUT2D eigenvalue weighted by Crippen LogP contribution is 2.57. The van der Waals surface area contributed by atoms with E-state index >= 15 is 0 Å². The Balaban J connectivity index is 1.50. The summed E-state index contributed by atoms with van der Waals surface area (Å²) in [5.41, 5.74) is 2.44. The maximum Gasteiger partial charge on any atom is 0.410 e. The van der Waals surface area contributed by atoms with Crippen LogP contribution in [0.1, 0.15) is 39.4 Å². The zero-order valence-corrected chi connectivity index (χ0v) is 21.8. The van der Waals surface area contributed by atoms with E-state index in [-0.39, 0.29) is 24.1 Å². The first-order valence-corrected chi connectivity index (χ1v) is 12.7. The van der Waals surface area contributed by atoms with Crippen LogP contribution in [0.3, 0.4) is 0 Å². The number of carbonyl (C=O) groups is 1. The van der Waals surface area contributed by atoms with Crippen LogP contribution in [0.5, 0.6) is 5.75 Å². The van der Waals surface area contributed by atoms with Gasteiger partial charge in [0.25, 0.3) is 0 Å². The van der Waals surface area contributed by atoms with Crippen LogP contribution in [0, 0.1) is 0 Å². The van der Waals surface area contributed by atoms with Gasteiger partial charge in [-0.15, -0.1) is 0 Å². The Morgan fingerprint density at radius 2 is 1.81 bits per heavy atom. The van der Waals surface area contributed by atoms with E-state index in [4.69, 9.17) is 18.7 Å². The number of phenols is 1. The van der Waals surface area contributed by atoms with Gasteiger partial charge in [-0.2, -0.15) is 0 Å². The molecule has 1 aliphatic heterocycles. The van der Waals surface area contributed by atoms with Crippen LogP contribution in [0.15, 0.2) is 59.1 Å². The van der Waals surface area contributed by atoms with E-state index in [0.717, 1.165) is 35.3 Å². The molecule has 0 bridgehead atoms. The molecule has 37 heavy (non-hydrogen) atoms. The van der Waals surface area contributed by atoms with Crippen molar-refractivity contribution >= 4 is 6.09 Å². The van der Waals surface area contributed by atoms with Gasteiger partial charge in [0.1, 0.15) is 23.1 Å². The van der Waals surface area contributed by atoms with E-state index in [0.29, 0.717) is 25.4 Å². The summed E-state index contributed by atoms with van der Waals surface area (Å²) < 4.78 is 24.0. The highest BCUT2D eigenvalue weighted by Gasteiger charge is 2.59. The minimum atomic E-state index is -0.571. The zero-order chi connectivity index (χ0) is 26.2. The summed E-state index contributed by atoms with van der Waals surface area (Å²) in [6, 6.07) is 17.0. The van der Waals surface area contributed by atoms with Crippen LogP contribution in [0.25, 0.3) is 22.4 Å². The third-order valence-corrected chi connectivity index (χ3v) is 7.02. The minimum Gasteiger partial charge on any atom is -0.508 e. The molecule has 2 fully saturated rings. The topological polar surface area (TPSA) is 94.3 Å². The van der Waals surface area contributed by atoms with Gasteiger partial charge >= 0.3 is 6.09 Å². The first-order valence-electron chi connectivity index (χ1n) is 12.7. The Morgan fingerprint density at radius 1 is 1.11 bits per heavy atom. The predicted octanol–water partition coefficient (Wildman–Crippen LogP) is 5.40. The number of hydrogen-bond acceptors (Lipinski definition) is 7. The van der Waals surface area contributed by atoms with E-state index in [9.17, 15) is 9.90 Å². The van der Waals surface area contributed by atoms with Crippen LogP contribution in [0.2, 0.25) is 0 Å². The molecule has 1 unspecified atom stereocenters. The molecule has 8 heteroatoms. The summed E-state index contributed by atoms with van der Waals surface area (Å²) in [5, 5.41) is 14.3. The first-order chi connectivity index (χ1) is 17.7. The van der Waals surface area contributed by atoms with Gasteiger partial charge in [0.05, 0.1) is 30.2 Å². The summed E-state index contributed by atoms with van der Waals surface area (Å²) >= 11 is 0. The molecule has 1 amide bonds. The van der Waals surface area contributed by atoms with Gasteiger partial charge in [0.2, 0.25) is 0 Å². The normalized spacial score (nSPS) is 19.9. The Morgan fingerprint density at radius 3 is 2.43 bits per heavy atom. The molecule has 1 aromatic heterocycles. The number of nitrogens with zero attached hydrogens (tertiary/aromatic N) is 2. The van der Waals surface area contributed by atoms with Gasteiger partial charge < -0.3 is 28.7 Å². The Hall–Kier alpha value is -3.36. The number of benzene rings is 2. The average Bonchev–Trinajstić information content (AvgIpc) is 3.54. The fourth-order valence-electron chi connectivity index (χ4n) is 5.18. The fourth-order valence-corrected chi connectivity index (χ4v) is 5.18. The molecule has 2 aliphatic rings. The second-order valence-corrected chi connectivity index (χ2v) is 10.8. The molecular formula is C29H34N2O6. The number of phenolic OH excluding ortho intramolecular Hbond substituents is 1. The molecule has 2 heterocycles. The smallest absolute Gasteiger partial charge is 0.410 e. The van der Waals surface area contributed by atoms with Gasteiger partial charge in [0, 0.05) is 19.2 Å². The second-order valence-electron chi connectivity index (χ2n) is 10.8. The van der Waals surface area contributed by atoms with E-state index in [1.54, 1.807) is 24.1 Å². The third kappa shape index (κ3) is 5.08. The number of aromatic hydroxyl groups is 1. The lowest BCUT2D eigenvalue weighted by Crippen LogP contribution is -2.54. The molecule has 2 aromatic carbocycles. The Bertz CT molecular complexity index is 1230. The quantitative estimate of drug-likeness (QED) is 0.479. The van der Waals surface area contributed by atoms with Gasteiger partial charge in [-0.05, 0) is 63.4 Å². The second kappa shape index (κ2) is 9.84. The van der Waals surface area contributed by atoms with Gasteiger partial charge in [-0.3, -0.25) is 0 Å². The van der Waals surface area contributed by atoms with Crippen LogP contribution in [-0.2, 0) is 19.6 Å². The minimum absolute atomic E-state index is 0.191. The van der Waals surface area contributed by atoms with Crippen molar-refractivity contribution in [2.75, 3.05) is 26.8 Å². The summed E-state index contributed by atoms with van der Waals surface area (Å²) in [6.07, 6.45) is 0.657. The molecule has 8 nitrogen and oxygen atoms in total. The monoisotopic (exact) mass is 506 g/mol. The number of methoxy groups -OCH3 is 1. The van der Waals surface area contributed by atoms with Crippen molar-refractivity contribution in [3.63, 3.8) is 0 Å². The van der Waals surface area contributed by atoms with Crippen molar-refractivity contribution in [2.45, 2.75) is 56.8 Å². The summed E-state index contributed by atoms with van der Waals surface area (Å²) in [5.74, 6) is 0.947. The molecule has 1 saturated carbocycles. The number of carbonyl (C=O) groups excluding carboxylic acids is 1. The molecule has 5 rings (SSSR count). The van der Waals surface area contributed by atoms with Crippen LogP contribution in [-0.4, -0.2) is 65.9 Å². The van der Waals surface area contributed by atoms with Crippen molar-refractivity contribution < 1.29 is 28.6 Å². The molecule has 196 valence electrons. The number of amides is 1. The molecule has 0 spiro atoms. The summed E-state index contributed by atoms with van der Waals surface area (Å²) in [4.78, 5) is 14.5. The highest BCUT2D eigenvalue weighted by molar-refractivity contribution is 5.83. The van der Waals surface area contributed by atoms with Crippen LogP contribution >= 0.6 is 0 Å². The first kappa shape index (κ1) is 25.3. The molecule has 1 aliphatic carbocycles. The molecule has 3 aromatic rings. The summed E-state index contributed by atoms with van der Waals surface area (Å²) in [6.45, 7) is 6.83. The molecular weight excluding hydrogens is 472 g/mol. The predicted molar refractivity (Wildman–Crippen MR) is 138 cm³/mol. The number of aromatic nitrogens is 1. The van der Waals surface area contributed by atoms with Crippen molar-refractivity contribution in [1.29, 1.82) is 0 Å². The lowest BCUT2D eigenvalue weighted by Gasteiger charge is -2.39. The Labute approximate surface area is 217 Å². The van der Waals surface area contributed by atoms with E-state index in [1.807, 2.05) is 63.2 Å². The molecule has 2 atom stereocenters. The maximum absolute atomic E-state index is 12.8. The van der Waals surface area contributed by atoms with Gasteiger partial charge in [-0.1, -0.05) is 35.5 Å². The average molecular weight is 507 g/mol. The van der Waals surface area contributed by atoms with Gasteiger partial charge in [-0.25, -0.2) is 4.79 Å². The number of rotatable bonds is 6. The SMILES string of the molecule is COC([C@H]1CN(C(=O)OC(C)(C)C)CCO1)C1(c2onc(-c3ccc(O)cc3)c2-c2ccccc2)CC1. The van der Waals surface area contributed by atoms with E-state index in [2.05, 4.69) is 5.16 Å². The van der Waals surface area contributed by atoms with E-state index in [1.165, 1.54) is 0 Å². The third-order valence-electron chi connectivity index (χ3n) is 7.02. The number of morpholine rings is 1. The van der Waals surface area contributed by atoms with Crippen molar-refractivity contribution in [1.82, 2.24) is 10.1 Å². The van der Waals surface area contributed by atoms with Crippen LogP contribution in [0.4, 0.5) is 4.79 Å². The zero-order valence-electron chi connectivity index (χ0n) is 21.8. The molecule has 1 saturated heterocycles. The summed E-state index contributed by atoms with van der Waals surface area (Å²) in [7, 11) is 1.68. The van der Waals surface area contributed by atoms with Gasteiger partial charge in [0.15, 0.2) is 5.76 Å². The molecule has 0 radical (unpaired) electrons. The van der Waals surface area contributed by atoms with Crippen molar-refractivity contribution in [3.8, 4) is 28.1 Å². The van der Waals surface area contributed by atoms with E-state index < -0.39 is 11.0 Å². The lowest BCUT2D eigenvalue weighted by molar-refractivity contribution is -0.114. The van der Waals surface area contributed by atoms with Crippen molar-refractivity contribution in [2.24, 2.45) is 0 Å². The maximum atomic E-state index is 12.8. The molecule has 1 N–H and O–H groups in total. The van der Waals surface area contributed by atoms with Crippen molar-refractivity contribution in [3.05, 3.63) is 60.4 Å². The Kier molecular flexibility index (Phi) is 6.72. The highest BCUT2D eigenvalue weighted by atomic mass is 16.6. The largest absolute Gasteiger partial charge is 0.508 e. The lowest BCUT2D eigenvalue weighted by atomic mass is 9.85. The standard InChI is InChI=1S/C29H34N2O6/c1-28(2,3)36-27(33)31-16-17-35-22(18-31)25(34-4)29(14-15-29)26-23(19-8-6-5-7-9-19)24(30-37-26)20-10-12-21(32)13-11-20/h5-13,22,25,32H,14-18H2,1-4H3/t22-,25?/m1/s1. The van der Waals surface area contributed by atoms with Crippen LogP contribution < -0.4 is 0 Å². The number of ether oxygens (including phenoxy) is 3. The fraction of sp³-hybridized carbons (Fsp3) is 0.448. The number of hydrogen-bond donors (Lipinski definition) is 1.